The van der Waals surface area contributed by atoms with Gasteiger partial charge in [0.25, 0.3) is 0 Å². The molecule has 0 saturated heterocycles. The summed E-state index contributed by atoms with van der Waals surface area (Å²) in [5, 5.41) is 1.89. The molecule has 134 valence electrons. The van der Waals surface area contributed by atoms with Crippen molar-refractivity contribution in [1.29, 1.82) is 0 Å². The number of rotatable bonds is 5. The van der Waals surface area contributed by atoms with Gasteiger partial charge in [0.15, 0.2) is 0 Å². The van der Waals surface area contributed by atoms with E-state index in [9.17, 15) is 30.8 Å². The minimum absolute atomic E-state index is 0.357. The lowest BCUT2D eigenvalue weighted by atomic mass is 10.2. The first-order chi connectivity index (χ1) is 11.6. The van der Waals surface area contributed by atoms with Crippen LogP contribution in [0, 0.1) is 23.3 Å². The summed E-state index contributed by atoms with van der Waals surface area (Å²) in [5.74, 6) is -5.39. The predicted molar refractivity (Wildman–Crippen MR) is 83.5 cm³/mol. The molecule has 25 heavy (non-hydrogen) atoms. The summed E-state index contributed by atoms with van der Waals surface area (Å²) < 4.78 is 77.9. The molecule has 5 nitrogen and oxygen atoms in total. The average Bonchev–Trinajstić information content (AvgIpc) is 2.48. The third-order valence-corrected chi connectivity index (χ3v) is 4.22. The summed E-state index contributed by atoms with van der Waals surface area (Å²) in [6, 6.07) is 4.96. The number of carbonyl (C=O) groups is 1. The largest absolute Gasteiger partial charge is 0.320 e. The monoisotopic (exact) mass is 376 g/mol. The number of carbonyl (C=O) groups excluding carboxylic acids is 1. The van der Waals surface area contributed by atoms with Crippen molar-refractivity contribution >= 4 is 27.3 Å². The molecule has 0 saturated carbocycles. The van der Waals surface area contributed by atoms with Gasteiger partial charge in [0.2, 0.25) is 15.9 Å². The highest BCUT2D eigenvalue weighted by Crippen LogP contribution is 2.23. The fourth-order valence-corrected chi connectivity index (χ4v) is 2.85. The Morgan fingerprint density at radius 1 is 1.04 bits per heavy atom. The zero-order chi connectivity index (χ0) is 18.8. The summed E-state index contributed by atoms with van der Waals surface area (Å²) in [7, 11) is -4.14. The van der Waals surface area contributed by atoms with Crippen LogP contribution in [0.3, 0.4) is 0 Å². The van der Waals surface area contributed by atoms with Crippen LogP contribution in [0.15, 0.2) is 36.4 Å². The lowest BCUT2D eigenvalue weighted by Gasteiger charge is -2.22. The number of benzene rings is 2. The number of amides is 1. The summed E-state index contributed by atoms with van der Waals surface area (Å²) in [6.07, 6.45) is 0.701. The van der Waals surface area contributed by atoms with Crippen molar-refractivity contribution in [1.82, 2.24) is 0 Å². The van der Waals surface area contributed by atoms with E-state index in [1.807, 2.05) is 5.32 Å². The molecule has 2 rings (SSSR count). The molecule has 2 aromatic carbocycles. The molecule has 10 heteroatoms. The zero-order valence-corrected chi connectivity index (χ0v) is 13.6. The van der Waals surface area contributed by atoms with E-state index in [2.05, 4.69) is 0 Å². The number of sulfonamides is 1. The van der Waals surface area contributed by atoms with Crippen molar-refractivity contribution in [2.75, 3.05) is 22.4 Å². The third-order valence-electron chi connectivity index (χ3n) is 3.09. The first-order valence-electron chi connectivity index (χ1n) is 6.76. The number of para-hydroxylation sites is 1. The molecule has 0 fully saturated rings. The number of hydrogen-bond acceptors (Lipinski definition) is 3. The van der Waals surface area contributed by atoms with E-state index in [4.69, 9.17) is 0 Å². The lowest BCUT2D eigenvalue weighted by Crippen LogP contribution is -2.38. The van der Waals surface area contributed by atoms with Crippen molar-refractivity contribution in [2.24, 2.45) is 0 Å². The Hall–Kier alpha value is -2.62. The van der Waals surface area contributed by atoms with E-state index in [-0.39, 0.29) is 0 Å². The van der Waals surface area contributed by atoms with Gasteiger partial charge in [-0.05, 0) is 24.3 Å². The second kappa shape index (κ2) is 7.09. The minimum Gasteiger partial charge on any atom is -0.320 e. The van der Waals surface area contributed by atoms with E-state index < -0.39 is 57.1 Å². The molecule has 0 aliphatic carbocycles. The SMILES string of the molecule is CS(=O)(=O)N(CC(=O)Nc1c(F)cccc1F)c1ccc(F)cc1F. The molecular formula is C15H12F4N2O3S. The van der Waals surface area contributed by atoms with Crippen LogP contribution < -0.4 is 9.62 Å². The molecule has 0 aliphatic rings. The van der Waals surface area contributed by atoms with Crippen LogP contribution in [0.1, 0.15) is 0 Å². The van der Waals surface area contributed by atoms with Crippen LogP contribution in [0.4, 0.5) is 28.9 Å². The maximum Gasteiger partial charge on any atom is 0.245 e. The van der Waals surface area contributed by atoms with Gasteiger partial charge in [0.1, 0.15) is 35.5 Å². The molecule has 0 aromatic heterocycles. The van der Waals surface area contributed by atoms with Gasteiger partial charge in [-0.2, -0.15) is 0 Å². The van der Waals surface area contributed by atoms with E-state index in [0.717, 1.165) is 30.3 Å². The number of nitrogens with one attached hydrogen (secondary N) is 1. The Morgan fingerprint density at radius 2 is 1.64 bits per heavy atom. The first-order valence-corrected chi connectivity index (χ1v) is 8.61. The molecule has 0 spiro atoms. The van der Waals surface area contributed by atoms with Crippen LogP contribution in [-0.4, -0.2) is 27.1 Å². The molecule has 0 radical (unpaired) electrons. The molecule has 0 bridgehead atoms. The lowest BCUT2D eigenvalue weighted by molar-refractivity contribution is -0.114. The maximum absolute atomic E-state index is 13.8. The van der Waals surface area contributed by atoms with Gasteiger partial charge in [-0.25, -0.2) is 26.0 Å². The van der Waals surface area contributed by atoms with Gasteiger partial charge in [0, 0.05) is 6.07 Å². The zero-order valence-electron chi connectivity index (χ0n) is 12.8. The number of halogens is 4. The number of nitrogens with zero attached hydrogens (tertiary/aromatic N) is 1. The highest BCUT2D eigenvalue weighted by molar-refractivity contribution is 7.92. The van der Waals surface area contributed by atoms with E-state index in [0.29, 0.717) is 16.6 Å². The van der Waals surface area contributed by atoms with Crippen LogP contribution in [0.25, 0.3) is 0 Å². The van der Waals surface area contributed by atoms with Crippen molar-refractivity contribution in [3.05, 3.63) is 59.7 Å². The van der Waals surface area contributed by atoms with E-state index in [1.165, 1.54) is 0 Å². The Bertz CT molecular complexity index is 899. The Morgan fingerprint density at radius 3 is 2.16 bits per heavy atom. The fraction of sp³-hybridized carbons (Fsp3) is 0.133. The second-order valence-electron chi connectivity index (χ2n) is 5.01. The quantitative estimate of drug-likeness (QED) is 0.816. The van der Waals surface area contributed by atoms with Crippen molar-refractivity contribution < 1.29 is 30.8 Å². The van der Waals surface area contributed by atoms with E-state index in [1.54, 1.807) is 0 Å². The minimum atomic E-state index is -4.14. The molecule has 0 atom stereocenters. The number of hydrogen-bond donors (Lipinski definition) is 1. The van der Waals surface area contributed by atoms with Crippen molar-refractivity contribution in [2.45, 2.75) is 0 Å². The van der Waals surface area contributed by atoms with Gasteiger partial charge in [-0.3, -0.25) is 9.10 Å². The second-order valence-corrected chi connectivity index (χ2v) is 6.92. The summed E-state index contributed by atoms with van der Waals surface area (Å²) >= 11 is 0. The molecular weight excluding hydrogens is 364 g/mol. The van der Waals surface area contributed by atoms with Crippen LogP contribution in [-0.2, 0) is 14.8 Å². The van der Waals surface area contributed by atoms with Gasteiger partial charge < -0.3 is 5.32 Å². The topological polar surface area (TPSA) is 66.5 Å². The van der Waals surface area contributed by atoms with Crippen LogP contribution in [0.2, 0.25) is 0 Å². The number of anilines is 2. The maximum atomic E-state index is 13.8. The van der Waals surface area contributed by atoms with Gasteiger partial charge >= 0.3 is 0 Å². The van der Waals surface area contributed by atoms with Crippen molar-refractivity contribution in [3.8, 4) is 0 Å². The summed E-state index contributed by atoms with van der Waals surface area (Å²) in [6.45, 7) is -0.963. The average molecular weight is 376 g/mol. The normalized spacial score (nSPS) is 11.2. The Kier molecular flexibility index (Phi) is 5.31. The van der Waals surface area contributed by atoms with Gasteiger partial charge in [-0.1, -0.05) is 6.07 Å². The van der Waals surface area contributed by atoms with E-state index >= 15 is 0 Å². The third kappa shape index (κ3) is 4.47. The van der Waals surface area contributed by atoms with Crippen molar-refractivity contribution in [3.63, 3.8) is 0 Å². The summed E-state index contributed by atoms with van der Waals surface area (Å²) in [5.41, 5.74) is -1.34. The summed E-state index contributed by atoms with van der Waals surface area (Å²) in [4.78, 5) is 12.0. The van der Waals surface area contributed by atoms with Gasteiger partial charge in [-0.15, -0.1) is 0 Å². The molecule has 0 aliphatic heterocycles. The molecule has 0 unspecified atom stereocenters. The first kappa shape index (κ1) is 18.7. The fourth-order valence-electron chi connectivity index (χ4n) is 1.99. The van der Waals surface area contributed by atoms with Crippen LogP contribution >= 0.6 is 0 Å². The molecule has 1 amide bonds. The highest BCUT2D eigenvalue weighted by atomic mass is 32.2. The standard InChI is InChI=1S/C15H12F4N2O3S/c1-25(23,24)21(13-6-5-9(16)7-12(13)19)8-14(22)20-15-10(17)3-2-4-11(15)18/h2-7H,8H2,1H3,(H,20,22). The predicted octanol–water partition coefficient (Wildman–Crippen LogP) is 2.65. The molecule has 2 aromatic rings. The molecule has 1 N–H and O–H groups in total. The van der Waals surface area contributed by atoms with Gasteiger partial charge in [0.05, 0.1) is 11.9 Å². The Balaban J connectivity index is 2.30. The Labute approximate surface area is 140 Å². The highest BCUT2D eigenvalue weighted by Gasteiger charge is 2.25. The van der Waals surface area contributed by atoms with Crippen LogP contribution in [0.5, 0.6) is 0 Å². The smallest absolute Gasteiger partial charge is 0.245 e. The molecule has 0 heterocycles.